The summed E-state index contributed by atoms with van der Waals surface area (Å²) in [5, 5.41) is 0. The van der Waals surface area contributed by atoms with E-state index in [-0.39, 0.29) is 6.04 Å². The Morgan fingerprint density at radius 1 is 1.17 bits per heavy atom. The molecule has 2 heteroatoms. The van der Waals surface area contributed by atoms with E-state index >= 15 is 0 Å². The maximum absolute atomic E-state index is 6.37. The zero-order valence-electron chi connectivity index (χ0n) is 10.6. The zero-order chi connectivity index (χ0) is 12.5. The largest absolute Gasteiger partial charge is 0.322 e. The molecule has 0 amide bonds. The number of benzene rings is 1. The number of pyridine rings is 1. The summed E-state index contributed by atoms with van der Waals surface area (Å²) in [6.07, 6.45) is 3.02. The summed E-state index contributed by atoms with van der Waals surface area (Å²) in [6, 6.07) is 14.8. The highest BCUT2D eigenvalue weighted by Crippen LogP contribution is 2.53. The van der Waals surface area contributed by atoms with Gasteiger partial charge in [0.2, 0.25) is 0 Å². The van der Waals surface area contributed by atoms with Crippen LogP contribution in [0.25, 0.3) is 0 Å². The third-order valence-electron chi connectivity index (χ3n) is 3.89. The molecule has 1 saturated carbocycles. The van der Waals surface area contributed by atoms with Crippen molar-refractivity contribution in [2.75, 3.05) is 0 Å². The van der Waals surface area contributed by atoms with Crippen LogP contribution in [0, 0.1) is 12.8 Å². The summed E-state index contributed by atoms with van der Waals surface area (Å²) in [4.78, 5) is 4.44. The first-order chi connectivity index (χ1) is 8.77. The summed E-state index contributed by atoms with van der Waals surface area (Å²) in [7, 11) is 0. The van der Waals surface area contributed by atoms with E-state index in [0.29, 0.717) is 11.8 Å². The molecular weight excluding hydrogens is 220 g/mol. The molecule has 18 heavy (non-hydrogen) atoms. The molecule has 0 bridgehead atoms. The minimum atomic E-state index is 0.0661. The van der Waals surface area contributed by atoms with Gasteiger partial charge in [0.05, 0.1) is 11.7 Å². The van der Waals surface area contributed by atoms with Gasteiger partial charge in [-0.25, -0.2) is 0 Å². The Labute approximate surface area is 108 Å². The monoisotopic (exact) mass is 238 g/mol. The molecule has 2 N–H and O–H groups in total. The lowest BCUT2D eigenvalue weighted by atomic mass is 10.0. The van der Waals surface area contributed by atoms with Crippen LogP contribution in [0.2, 0.25) is 0 Å². The van der Waals surface area contributed by atoms with E-state index in [1.165, 1.54) is 17.5 Å². The third-order valence-corrected chi connectivity index (χ3v) is 3.89. The predicted octanol–water partition coefficient (Wildman–Crippen LogP) is 3.19. The van der Waals surface area contributed by atoms with Gasteiger partial charge in [0.25, 0.3) is 0 Å². The Bertz CT molecular complexity index is 536. The topological polar surface area (TPSA) is 38.9 Å². The fourth-order valence-corrected chi connectivity index (χ4v) is 2.74. The molecule has 0 radical (unpaired) electrons. The number of rotatable bonds is 3. The minimum absolute atomic E-state index is 0.0661. The van der Waals surface area contributed by atoms with Crippen molar-refractivity contribution in [3.05, 3.63) is 65.5 Å². The van der Waals surface area contributed by atoms with Crippen molar-refractivity contribution in [3.8, 4) is 0 Å². The predicted molar refractivity (Wildman–Crippen MR) is 73.2 cm³/mol. The zero-order valence-corrected chi connectivity index (χ0v) is 10.6. The van der Waals surface area contributed by atoms with Crippen molar-refractivity contribution in [1.29, 1.82) is 0 Å². The standard InChI is InChI=1S/C16H18N2/c1-11-6-5-9-18-16(11)15(17)14-10-13(14)12-7-3-2-4-8-12/h2-9,13-15H,10,17H2,1H3. The lowest BCUT2D eigenvalue weighted by Crippen LogP contribution is -2.16. The number of hydrogen-bond donors (Lipinski definition) is 1. The maximum atomic E-state index is 6.37. The van der Waals surface area contributed by atoms with Crippen LogP contribution in [0.5, 0.6) is 0 Å². The maximum Gasteiger partial charge on any atom is 0.0603 e. The van der Waals surface area contributed by atoms with Crippen LogP contribution in [0.1, 0.15) is 35.2 Å². The Morgan fingerprint density at radius 2 is 1.94 bits per heavy atom. The number of aromatic nitrogens is 1. The van der Waals surface area contributed by atoms with Crippen molar-refractivity contribution < 1.29 is 0 Å². The highest BCUT2D eigenvalue weighted by molar-refractivity contribution is 5.30. The Hall–Kier alpha value is -1.67. The van der Waals surface area contributed by atoms with Crippen LogP contribution >= 0.6 is 0 Å². The fourth-order valence-electron chi connectivity index (χ4n) is 2.74. The molecule has 1 aromatic heterocycles. The number of nitrogens with two attached hydrogens (primary N) is 1. The van der Waals surface area contributed by atoms with Crippen molar-refractivity contribution in [1.82, 2.24) is 4.98 Å². The lowest BCUT2D eigenvalue weighted by molar-refractivity contribution is 0.595. The van der Waals surface area contributed by atoms with Gasteiger partial charge in [0, 0.05) is 6.20 Å². The quantitative estimate of drug-likeness (QED) is 0.891. The van der Waals surface area contributed by atoms with Crippen LogP contribution in [0.4, 0.5) is 0 Å². The van der Waals surface area contributed by atoms with Gasteiger partial charge in [-0.1, -0.05) is 36.4 Å². The minimum Gasteiger partial charge on any atom is -0.322 e. The Morgan fingerprint density at radius 3 is 2.67 bits per heavy atom. The third kappa shape index (κ3) is 2.04. The molecule has 1 aliphatic rings. The first-order valence-electron chi connectivity index (χ1n) is 6.49. The highest BCUT2D eigenvalue weighted by atomic mass is 14.8. The molecule has 0 saturated heterocycles. The molecule has 3 rings (SSSR count). The molecule has 0 spiro atoms. The van der Waals surface area contributed by atoms with E-state index in [9.17, 15) is 0 Å². The van der Waals surface area contributed by atoms with Crippen LogP contribution in [-0.2, 0) is 0 Å². The van der Waals surface area contributed by atoms with Crippen LogP contribution in [-0.4, -0.2) is 4.98 Å². The molecule has 92 valence electrons. The van der Waals surface area contributed by atoms with Crippen molar-refractivity contribution >= 4 is 0 Å². The molecule has 1 aliphatic carbocycles. The van der Waals surface area contributed by atoms with Gasteiger partial charge < -0.3 is 5.73 Å². The second-order valence-corrected chi connectivity index (χ2v) is 5.15. The van der Waals surface area contributed by atoms with Gasteiger partial charge in [-0.2, -0.15) is 0 Å². The summed E-state index contributed by atoms with van der Waals surface area (Å²) in [6.45, 7) is 2.09. The SMILES string of the molecule is Cc1cccnc1C(N)C1CC1c1ccccc1. The summed E-state index contributed by atoms with van der Waals surface area (Å²) in [5.41, 5.74) is 10.0. The highest BCUT2D eigenvalue weighted by Gasteiger charge is 2.43. The molecule has 3 atom stereocenters. The Balaban J connectivity index is 1.77. The normalized spacial score (nSPS) is 23.7. The van der Waals surface area contributed by atoms with Gasteiger partial charge in [-0.3, -0.25) is 4.98 Å². The van der Waals surface area contributed by atoms with Gasteiger partial charge in [0.15, 0.2) is 0 Å². The van der Waals surface area contributed by atoms with Gasteiger partial charge >= 0.3 is 0 Å². The van der Waals surface area contributed by atoms with Gasteiger partial charge in [-0.05, 0) is 42.4 Å². The molecule has 3 unspecified atom stereocenters. The number of hydrogen-bond acceptors (Lipinski definition) is 2. The van der Waals surface area contributed by atoms with E-state index in [1.807, 2.05) is 12.3 Å². The molecular formula is C16H18N2. The van der Waals surface area contributed by atoms with Crippen LogP contribution in [0.3, 0.4) is 0 Å². The van der Waals surface area contributed by atoms with Crippen molar-refractivity contribution in [2.24, 2.45) is 11.7 Å². The van der Waals surface area contributed by atoms with Crippen molar-refractivity contribution in [2.45, 2.75) is 25.3 Å². The lowest BCUT2D eigenvalue weighted by Gasteiger charge is -2.13. The molecule has 2 nitrogen and oxygen atoms in total. The first-order valence-corrected chi connectivity index (χ1v) is 6.49. The summed E-state index contributed by atoms with van der Waals surface area (Å²) in [5.74, 6) is 1.16. The molecule has 0 aliphatic heterocycles. The smallest absolute Gasteiger partial charge is 0.0603 e. The second kappa shape index (κ2) is 4.54. The van der Waals surface area contributed by atoms with Crippen LogP contribution in [0.15, 0.2) is 48.7 Å². The molecule has 1 aromatic carbocycles. The summed E-state index contributed by atoms with van der Waals surface area (Å²) >= 11 is 0. The van der Waals surface area contributed by atoms with E-state index in [4.69, 9.17) is 5.73 Å². The van der Waals surface area contributed by atoms with E-state index in [1.54, 1.807) is 0 Å². The van der Waals surface area contributed by atoms with Crippen LogP contribution < -0.4 is 5.73 Å². The van der Waals surface area contributed by atoms with E-state index in [0.717, 1.165) is 5.69 Å². The second-order valence-electron chi connectivity index (χ2n) is 5.15. The first kappa shape index (κ1) is 11.4. The number of aryl methyl sites for hydroxylation is 1. The van der Waals surface area contributed by atoms with Crippen molar-refractivity contribution in [3.63, 3.8) is 0 Å². The molecule has 1 heterocycles. The average molecular weight is 238 g/mol. The average Bonchev–Trinajstić information content (AvgIpc) is 3.20. The fraction of sp³-hybridized carbons (Fsp3) is 0.312. The van der Waals surface area contributed by atoms with Gasteiger partial charge in [0.1, 0.15) is 0 Å². The number of nitrogens with zero attached hydrogens (tertiary/aromatic N) is 1. The van der Waals surface area contributed by atoms with E-state index in [2.05, 4.69) is 48.3 Å². The van der Waals surface area contributed by atoms with Gasteiger partial charge in [-0.15, -0.1) is 0 Å². The van der Waals surface area contributed by atoms with E-state index < -0.39 is 0 Å². The molecule has 2 aromatic rings. The summed E-state index contributed by atoms with van der Waals surface area (Å²) < 4.78 is 0. The Kier molecular flexibility index (Phi) is 2.88. The molecule has 1 fully saturated rings.